The minimum Gasteiger partial charge on any atom is -0.328 e. The molecule has 1 aromatic carbocycles. The number of aryl methyl sites for hydroxylation is 1. The van der Waals surface area contributed by atoms with Crippen molar-refractivity contribution in [3.8, 4) is 0 Å². The Hall–Kier alpha value is -1.87. The minimum absolute atomic E-state index is 0.168. The van der Waals surface area contributed by atoms with Crippen LogP contribution in [-0.2, 0) is 6.42 Å². The molecule has 0 amide bonds. The molecule has 1 unspecified atom stereocenters. The smallest absolute Gasteiger partial charge is 0.132 e. The number of anilines is 2. The Kier molecular flexibility index (Phi) is 4.74. The van der Waals surface area contributed by atoms with E-state index in [2.05, 4.69) is 60.1 Å². The van der Waals surface area contributed by atoms with Crippen molar-refractivity contribution in [1.29, 1.82) is 0 Å². The van der Waals surface area contributed by atoms with Crippen molar-refractivity contribution < 1.29 is 0 Å². The van der Waals surface area contributed by atoms with Crippen LogP contribution in [0.3, 0.4) is 0 Å². The first-order chi connectivity index (χ1) is 9.60. The zero-order valence-electron chi connectivity index (χ0n) is 12.5. The molecule has 2 rings (SSSR count). The quantitative estimate of drug-likeness (QED) is 0.904. The third-order valence-electron chi connectivity index (χ3n) is 3.27. The molecule has 0 saturated heterocycles. The second-order valence-electron chi connectivity index (χ2n) is 5.29. The second-order valence-corrected chi connectivity index (χ2v) is 5.29. The molecule has 1 atom stereocenters. The summed E-state index contributed by atoms with van der Waals surface area (Å²) in [5.41, 5.74) is 9.44. The number of rotatable bonds is 5. The van der Waals surface area contributed by atoms with Gasteiger partial charge in [-0.25, -0.2) is 4.98 Å². The lowest BCUT2D eigenvalue weighted by Gasteiger charge is -2.22. The zero-order valence-corrected chi connectivity index (χ0v) is 12.5. The number of hydrogen-bond donors (Lipinski definition) is 1. The van der Waals surface area contributed by atoms with E-state index in [9.17, 15) is 0 Å². The van der Waals surface area contributed by atoms with E-state index in [0.717, 1.165) is 18.8 Å². The highest BCUT2D eigenvalue weighted by atomic mass is 15.2. The van der Waals surface area contributed by atoms with Gasteiger partial charge in [0.15, 0.2) is 0 Å². The Labute approximate surface area is 121 Å². The van der Waals surface area contributed by atoms with Crippen molar-refractivity contribution in [2.75, 3.05) is 11.4 Å². The standard InChI is InChI=1S/C17H23N3/c1-4-20(16-7-5-6-13(2)10-16)17-9-8-15(12-19-17)11-14(3)18/h5-10,12,14H,4,11,18H2,1-3H3. The van der Waals surface area contributed by atoms with Gasteiger partial charge in [-0.3, -0.25) is 0 Å². The average Bonchev–Trinajstić information content (AvgIpc) is 2.41. The van der Waals surface area contributed by atoms with Crippen LogP contribution in [0.2, 0.25) is 0 Å². The van der Waals surface area contributed by atoms with Crippen LogP contribution in [0, 0.1) is 6.92 Å². The van der Waals surface area contributed by atoms with Gasteiger partial charge >= 0.3 is 0 Å². The molecule has 106 valence electrons. The Morgan fingerprint density at radius 1 is 1.25 bits per heavy atom. The molecule has 1 aromatic heterocycles. The van der Waals surface area contributed by atoms with E-state index in [4.69, 9.17) is 5.73 Å². The summed E-state index contributed by atoms with van der Waals surface area (Å²) in [6, 6.07) is 12.8. The van der Waals surface area contributed by atoms with Crippen molar-refractivity contribution in [3.63, 3.8) is 0 Å². The number of nitrogens with zero attached hydrogens (tertiary/aromatic N) is 2. The maximum atomic E-state index is 5.82. The highest BCUT2D eigenvalue weighted by Crippen LogP contribution is 2.24. The third kappa shape index (κ3) is 3.58. The molecule has 0 aliphatic rings. The van der Waals surface area contributed by atoms with Gasteiger partial charge in [0.2, 0.25) is 0 Å². The fraction of sp³-hybridized carbons (Fsp3) is 0.353. The summed E-state index contributed by atoms with van der Waals surface area (Å²) in [6.45, 7) is 7.15. The predicted octanol–water partition coefficient (Wildman–Crippen LogP) is 3.44. The monoisotopic (exact) mass is 269 g/mol. The van der Waals surface area contributed by atoms with Crippen LogP contribution in [0.25, 0.3) is 0 Å². The van der Waals surface area contributed by atoms with E-state index in [-0.39, 0.29) is 6.04 Å². The van der Waals surface area contributed by atoms with Crippen molar-refractivity contribution in [2.24, 2.45) is 5.73 Å². The van der Waals surface area contributed by atoms with E-state index >= 15 is 0 Å². The van der Waals surface area contributed by atoms with Gasteiger partial charge in [0, 0.05) is 24.5 Å². The number of nitrogens with two attached hydrogens (primary N) is 1. The summed E-state index contributed by atoms with van der Waals surface area (Å²) in [5, 5.41) is 0. The molecule has 0 bridgehead atoms. The molecular weight excluding hydrogens is 246 g/mol. The first kappa shape index (κ1) is 14.5. The van der Waals surface area contributed by atoms with E-state index in [1.165, 1.54) is 16.8 Å². The summed E-state index contributed by atoms with van der Waals surface area (Å²) < 4.78 is 0. The Bertz CT molecular complexity index is 546. The summed E-state index contributed by atoms with van der Waals surface area (Å²) in [7, 11) is 0. The van der Waals surface area contributed by atoms with Gasteiger partial charge < -0.3 is 10.6 Å². The topological polar surface area (TPSA) is 42.1 Å². The molecular formula is C17H23N3. The number of pyridine rings is 1. The first-order valence-corrected chi connectivity index (χ1v) is 7.15. The van der Waals surface area contributed by atoms with Crippen molar-refractivity contribution in [1.82, 2.24) is 4.98 Å². The van der Waals surface area contributed by atoms with E-state index < -0.39 is 0 Å². The lowest BCUT2D eigenvalue weighted by atomic mass is 10.1. The van der Waals surface area contributed by atoms with Crippen molar-refractivity contribution >= 4 is 11.5 Å². The van der Waals surface area contributed by atoms with E-state index in [1.54, 1.807) is 0 Å². The van der Waals surface area contributed by atoms with Crippen LogP contribution in [0.4, 0.5) is 11.5 Å². The molecule has 0 fully saturated rings. The van der Waals surface area contributed by atoms with Crippen molar-refractivity contribution in [3.05, 3.63) is 53.7 Å². The first-order valence-electron chi connectivity index (χ1n) is 7.15. The van der Waals surface area contributed by atoms with Gasteiger partial charge in [-0.1, -0.05) is 18.2 Å². The second kappa shape index (κ2) is 6.53. The Balaban J connectivity index is 2.23. The maximum absolute atomic E-state index is 5.82. The lowest BCUT2D eigenvalue weighted by Crippen LogP contribution is -2.19. The molecule has 0 aliphatic heterocycles. The SMILES string of the molecule is CCN(c1cccc(C)c1)c1ccc(CC(C)N)cn1. The van der Waals surface area contributed by atoms with Crippen LogP contribution < -0.4 is 10.6 Å². The molecule has 0 radical (unpaired) electrons. The Morgan fingerprint density at radius 3 is 2.60 bits per heavy atom. The highest BCUT2D eigenvalue weighted by molar-refractivity contribution is 5.60. The molecule has 3 nitrogen and oxygen atoms in total. The molecule has 20 heavy (non-hydrogen) atoms. The van der Waals surface area contributed by atoms with E-state index in [0.29, 0.717) is 0 Å². The zero-order chi connectivity index (χ0) is 14.5. The third-order valence-corrected chi connectivity index (χ3v) is 3.27. The largest absolute Gasteiger partial charge is 0.328 e. The summed E-state index contributed by atoms with van der Waals surface area (Å²) in [6.07, 6.45) is 2.79. The van der Waals surface area contributed by atoms with Crippen LogP contribution in [-0.4, -0.2) is 17.6 Å². The summed E-state index contributed by atoms with van der Waals surface area (Å²) >= 11 is 0. The molecule has 2 N–H and O–H groups in total. The summed E-state index contributed by atoms with van der Waals surface area (Å²) in [4.78, 5) is 6.79. The fourth-order valence-electron chi connectivity index (χ4n) is 2.34. The van der Waals surface area contributed by atoms with Gasteiger partial charge in [0.05, 0.1) is 0 Å². The highest BCUT2D eigenvalue weighted by Gasteiger charge is 2.09. The van der Waals surface area contributed by atoms with Gasteiger partial charge in [-0.05, 0) is 56.5 Å². The molecule has 2 aromatic rings. The molecule has 3 heteroatoms. The van der Waals surface area contributed by atoms with Gasteiger partial charge in [0.25, 0.3) is 0 Å². The predicted molar refractivity (Wildman–Crippen MR) is 85.4 cm³/mol. The molecule has 1 heterocycles. The Morgan fingerprint density at radius 2 is 2.05 bits per heavy atom. The van der Waals surface area contributed by atoms with Gasteiger partial charge in [0.1, 0.15) is 5.82 Å². The van der Waals surface area contributed by atoms with Crippen LogP contribution in [0.1, 0.15) is 25.0 Å². The average molecular weight is 269 g/mol. The van der Waals surface area contributed by atoms with Gasteiger partial charge in [-0.15, -0.1) is 0 Å². The normalized spacial score (nSPS) is 12.2. The fourth-order valence-corrected chi connectivity index (χ4v) is 2.34. The van der Waals surface area contributed by atoms with Gasteiger partial charge in [-0.2, -0.15) is 0 Å². The minimum atomic E-state index is 0.168. The van der Waals surface area contributed by atoms with E-state index in [1.807, 2.05) is 13.1 Å². The molecule has 0 aliphatic carbocycles. The van der Waals surface area contributed by atoms with Crippen LogP contribution in [0.5, 0.6) is 0 Å². The lowest BCUT2D eigenvalue weighted by molar-refractivity contribution is 0.735. The number of hydrogen-bond acceptors (Lipinski definition) is 3. The number of benzene rings is 1. The van der Waals surface area contributed by atoms with Crippen LogP contribution in [0.15, 0.2) is 42.6 Å². The molecule has 0 saturated carbocycles. The van der Waals surface area contributed by atoms with Crippen LogP contribution >= 0.6 is 0 Å². The maximum Gasteiger partial charge on any atom is 0.132 e. The summed E-state index contributed by atoms with van der Waals surface area (Å²) in [5.74, 6) is 0.978. The van der Waals surface area contributed by atoms with Crippen molar-refractivity contribution in [2.45, 2.75) is 33.2 Å². The molecule has 0 spiro atoms. The number of aromatic nitrogens is 1.